The Hall–Kier alpha value is -2.72. The number of ether oxygens (including phenoxy) is 2. The van der Waals surface area contributed by atoms with Crippen molar-refractivity contribution in [3.8, 4) is 11.5 Å². The van der Waals surface area contributed by atoms with Gasteiger partial charge in [0, 0.05) is 0 Å². The van der Waals surface area contributed by atoms with Gasteiger partial charge in [0.2, 0.25) is 0 Å². The molecule has 0 spiro atoms. The van der Waals surface area contributed by atoms with Crippen LogP contribution in [0.1, 0.15) is 37.3 Å². The molecule has 2 amide bonds. The number of rotatable bonds is 11. The fourth-order valence-corrected chi connectivity index (χ4v) is 3.93. The normalized spacial score (nSPS) is 12.0. The average molecular weight is 582 g/mol. The zero-order chi connectivity index (χ0) is 24.2. The molecule has 8 nitrogen and oxygen atoms in total. The molecule has 10 heteroatoms. The van der Waals surface area contributed by atoms with Crippen LogP contribution < -0.4 is 20.3 Å². The second-order valence-electron chi connectivity index (χ2n) is 6.95. The van der Waals surface area contributed by atoms with E-state index in [-0.39, 0.29) is 0 Å². The van der Waals surface area contributed by atoms with Crippen LogP contribution in [0.2, 0.25) is 0 Å². The van der Waals surface area contributed by atoms with Gasteiger partial charge in [0.05, 0.1) is 35.6 Å². The highest BCUT2D eigenvalue weighted by molar-refractivity contribution is 9.10. The highest BCUT2D eigenvalue weighted by atomic mass is 79.9. The molecule has 0 aliphatic carbocycles. The lowest BCUT2D eigenvalue weighted by Crippen LogP contribution is -2.38. The van der Waals surface area contributed by atoms with Gasteiger partial charge in [-0.3, -0.25) is 9.59 Å². The molecular weight excluding hydrogens is 556 g/mol. The van der Waals surface area contributed by atoms with Gasteiger partial charge >= 0.3 is 0 Å². The van der Waals surface area contributed by atoms with Crippen LogP contribution in [0, 0.1) is 5.92 Å². The van der Waals surface area contributed by atoms with Crippen molar-refractivity contribution in [2.24, 2.45) is 16.1 Å². The van der Waals surface area contributed by atoms with E-state index in [9.17, 15) is 9.59 Å². The SMILES string of the molecule is CCCCC(C(=O)NN=Cc1ccc(OC)c(Br)c1)C(=O)NN=Cc1ccc(OC)c(Br)c1. The van der Waals surface area contributed by atoms with Crippen molar-refractivity contribution in [1.29, 1.82) is 0 Å². The Kier molecular flexibility index (Phi) is 11.0. The van der Waals surface area contributed by atoms with E-state index < -0.39 is 17.7 Å². The van der Waals surface area contributed by atoms with Gasteiger partial charge in [-0.1, -0.05) is 19.8 Å². The highest BCUT2D eigenvalue weighted by Gasteiger charge is 2.25. The summed E-state index contributed by atoms with van der Waals surface area (Å²) in [5.74, 6) is -0.520. The largest absolute Gasteiger partial charge is 0.496 e. The summed E-state index contributed by atoms with van der Waals surface area (Å²) in [7, 11) is 3.16. The summed E-state index contributed by atoms with van der Waals surface area (Å²) in [5.41, 5.74) is 6.41. The van der Waals surface area contributed by atoms with Crippen molar-refractivity contribution in [3.05, 3.63) is 56.5 Å². The zero-order valence-corrected chi connectivity index (χ0v) is 21.8. The second kappa shape index (κ2) is 13.7. The van der Waals surface area contributed by atoms with Gasteiger partial charge in [0.1, 0.15) is 17.4 Å². The lowest BCUT2D eigenvalue weighted by molar-refractivity contribution is -0.135. The molecule has 2 aromatic carbocycles. The second-order valence-corrected chi connectivity index (χ2v) is 8.66. The number of carbonyl (C=O) groups excluding carboxylic acids is 2. The first kappa shape index (κ1) is 26.5. The molecule has 0 saturated heterocycles. The molecule has 2 rings (SSSR count). The van der Waals surface area contributed by atoms with E-state index in [0.717, 1.165) is 32.9 Å². The Labute approximate surface area is 210 Å². The number of hydrogen-bond donors (Lipinski definition) is 2. The Morgan fingerprint density at radius 3 is 1.73 bits per heavy atom. The van der Waals surface area contributed by atoms with E-state index in [0.29, 0.717) is 17.9 Å². The number of halogens is 2. The first-order valence-electron chi connectivity index (χ1n) is 10.2. The minimum Gasteiger partial charge on any atom is -0.496 e. The molecule has 0 radical (unpaired) electrons. The van der Waals surface area contributed by atoms with Crippen molar-refractivity contribution in [2.45, 2.75) is 26.2 Å². The van der Waals surface area contributed by atoms with Gasteiger partial charge in [-0.25, -0.2) is 10.9 Å². The third kappa shape index (κ3) is 8.29. The summed E-state index contributed by atoms with van der Waals surface area (Å²) in [4.78, 5) is 25.2. The maximum absolute atomic E-state index is 12.6. The Morgan fingerprint density at radius 1 is 0.909 bits per heavy atom. The van der Waals surface area contributed by atoms with Crippen LogP contribution in [0.15, 0.2) is 55.5 Å². The van der Waals surface area contributed by atoms with Crippen LogP contribution in [-0.2, 0) is 9.59 Å². The molecule has 2 N–H and O–H groups in total. The fraction of sp³-hybridized carbons (Fsp3) is 0.304. The minimum atomic E-state index is -0.913. The summed E-state index contributed by atoms with van der Waals surface area (Å²) >= 11 is 6.80. The number of unbranched alkanes of at least 4 members (excludes halogenated alkanes) is 1. The lowest BCUT2D eigenvalue weighted by atomic mass is 10.0. The average Bonchev–Trinajstić information content (AvgIpc) is 2.79. The predicted molar refractivity (Wildman–Crippen MR) is 136 cm³/mol. The van der Waals surface area contributed by atoms with Crippen LogP contribution in [0.25, 0.3) is 0 Å². The first-order chi connectivity index (χ1) is 15.9. The topological polar surface area (TPSA) is 101 Å². The molecule has 176 valence electrons. The molecule has 0 atom stereocenters. The maximum atomic E-state index is 12.6. The van der Waals surface area contributed by atoms with Gasteiger partial charge in [-0.2, -0.15) is 10.2 Å². The van der Waals surface area contributed by atoms with E-state index in [1.807, 2.05) is 19.1 Å². The summed E-state index contributed by atoms with van der Waals surface area (Å²) in [6.07, 6.45) is 4.95. The number of nitrogens with one attached hydrogen (secondary N) is 2. The molecule has 0 aliphatic rings. The number of benzene rings is 2. The van der Waals surface area contributed by atoms with E-state index in [2.05, 4.69) is 52.9 Å². The molecular formula is C23H26Br2N4O4. The first-order valence-corrected chi connectivity index (χ1v) is 11.8. The predicted octanol–water partition coefficient (Wildman–Crippen LogP) is 4.64. The Morgan fingerprint density at radius 2 is 1.36 bits per heavy atom. The smallest absolute Gasteiger partial charge is 0.252 e. The number of nitrogens with zero attached hydrogens (tertiary/aromatic N) is 2. The molecule has 0 saturated carbocycles. The lowest BCUT2D eigenvalue weighted by Gasteiger charge is -2.13. The standard InChI is InChI=1S/C23H26Br2N4O4/c1-4-5-6-17(22(30)28-26-13-15-7-9-20(32-2)18(24)11-15)23(31)29-27-14-16-8-10-21(33-3)19(25)12-16/h7-14,17H,4-6H2,1-3H3,(H,28,30)(H,29,31). The fourth-order valence-electron chi connectivity index (χ4n) is 2.81. The van der Waals surface area contributed by atoms with Crippen molar-refractivity contribution >= 4 is 56.1 Å². The molecule has 0 heterocycles. The number of amides is 2. The summed E-state index contributed by atoms with van der Waals surface area (Å²) in [5, 5.41) is 7.96. The van der Waals surface area contributed by atoms with Crippen molar-refractivity contribution in [3.63, 3.8) is 0 Å². The molecule has 0 aliphatic heterocycles. The van der Waals surface area contributed by atoms with Gasteiger partial charge in [0.15, 0.2) is 0 Å². The van der Waals surface area contributed by atoms with Gasteiger partial charge in [-0.05, 0) is 85.8 Å². The molecule has 2 aromatic rings. The molecule has 0 bridgehead atoms. The number of hydrazone groups is 2. The summed E-state index contributed by atoms with van der Waals surface area (Å²) in [6, 6.07) is 10.8. The highest BCUT2D eigenvalue weighted by Crippen LogP contribution is 2.25. The van der Waals surface area contributed by atoms with Crippen molar-refractivity contribution < 1.29 is 19.1 Å². The zero-order valence-electron chi connectivity index (χ0n) is 18.6. The van der Waals surface area contributed by atoms with Gasteiger partial charge < -0.3 is 9.47 Å². The van der Waals surface area contributed by atoms with E-state index in [1.165, 1.54) is 12.4 Å². The third-order valence-corrected chi connectivity index (χ3v) is 5.85. The van der Waals surface area contributed by atoms with Crippen molar-refractivity contribution in [1.82, 2.24) is 10.9 Å². The quantitative estimate of drug-likeness (QED) is 0.229. The van der Waals surface area contributed by atoms with Crippen LogP contribution in [0.5, 0.6) is 11.5 Å². The molecule has 0 fully saturated rings. The van der Waals surface area contributed by atoms with Crippen LogP contribution >= 0.6 is 31.9 Å². The molecule has 0 unspecified atom stereocenters. The van der Waals surface area contributed by atoms with Gasteiger partial charge in [0.25, 0.3) is 11.8 Å². The van der Waals surface area contributed by atoms with Gasteiger partial charge in [-0.15, -0.1) is 0 Å². The monoisotopic (exact) mass is 580 g/mol. The number of carbonyl (C=O) groups is 2. The van der Waals surface area contributed by atoms with Crippen LogP contribution in [0.3, 0.4) is 0 Å². The summed E-state index contributed by atoms with van der Waals surface area (Å²) in [6.45, 7) is 1.99. The maximum Gasteiger partial charge on any atom is 0.252 e. The van der Waals surface area contributed by atoms with E-state index in [1.54, 1.807) is 38.5 Å². The van der Waals surface area contributed by atoms with Crippen molar-refractivity contribution in [2.75, 3.05) is 14.2 Å². The summed E-state index contributed by atoms with van der Waals surface area (Å²) < 4.78 is 11.9. The van der Waals surface area contributed by atoms with E-state index >= 15 is 0 Å². The number of methoxy groups -OCH3 is 2. The van der Waals surface area contributed by atoms with E-state index in [4.69, 9.17) is 9.47 Å². The van der Waals surface area contributed by atoms with Crippen LogP contribution in [0.4, 0.5) is 0 Å². The Bertz CT molecular complexity index is 950. The third-order valence-electron chi connectivity index (χ3n) is 4.61. The van der Waals surface area contributed by atoms with Crippen LogP contribution in [-0.4, -0.2) is 38.5 Å². The molecule has 33 heavy (non-hydrogen) atoms. The minimum absolute atomic E-state index is 0.390. The Balaban J connectivity index is 1.99. The number of hydrogen-bond acceptors (Lipinski definition) is 6. The molecule has 0 aromatic heterocycles.